The molecule has 0 radical (unpaired) electrons. The maximum absolute atomic E-state index is 12.6. The van der Waals surface area contributed by atoms with Gasteiger partial charge in [-0.2, -0.15) is 0 Å². The molecular weight excluding hydrogens is 292 g/mol. The van der Waals surface area contributed by atoms with Crippen LogP contribution in [0.3, 0.4) is 0 Å². The van der Waals surface area contributed by atoms with Gasteiger partial charge < -0.3 is 14.8 Å². The number of aliphatic hydroxyl groups excluding tert-OH is 1. The largest absolute Gasteiger partial charge is 0.466 e. The molecule has 1 aliphatic rings. The molecule has 3 rings (SSSR count). The molecule has 5 heteroatoms. The zero-order chi connectivity index (χ0) is 16.4. The predicted octanol–water partition coefficient (Wildman–Crippen LogP) is 2.40. The second-order valence-electron chi connectivity index (χ2n) is 6.35. The van der Waals surface area contributed by atoms with Gasteiger partial charge in [-0.1, -0.05) is 0 Å². The Kier molecular flexibility index (Phi) is 4.48. The van der Waals surface area contributed by atoms with Gasteiger partial charge in [0.05, 0.1) is 11.7 Å². The van der Waals surface area contributed by atoms with Crippen molar-refractivity contribution in [1.82, 2.24) is 10.3 Å². The Hall–Kier alpha value is -2.14. The number of carbonyl (C=O) groups is 1. The molecule has 2 aromatic heterocycles. The van der Waals surface area contributed by atoms with Crippen molar-refractivity contribution in [2.75, 3.05) is 0 Å². The first-order valence-electron chi connectivity index (χ1n) is 7.98. The minimum Gasteiger partial charge on any atom is -0.466 e. The van der Waals surface area contributed by atoms with Crippen LogP contribution in [0.5, 0.6) is 0 Å². The smallest absolute Gasteiger partial charge is 0.255 e. The fourth-order valence-corrected chi connectivity index (χ4v) is 3.17. The van der Waals surface area contributed by atoms with E-state index >= 15 is 0 Å². The van der Waals surface area contributed by atoms with Gasteiger partial charge in [-0.05, 0) is 62.8 Å². The van der Waals surface area contributed by atoms with Gasteiger partial charge in [0.25, 0.3) is 5.91 Å². The summed E-state index contributed by atoms with van der Waals surface area (Å²) in [4.78, 5) is 16.6. The lowest BCUT2D eigenvalue weighted by atomic mass is 9.75. The summed E-state index contributed by atoms with van der Waals surface area (Å²) in [6, 6.07) is 5.69. The fourth-order valence-electron chi connectivity index (χ4n) is 3.17. The van der Waals surface area contributed by atoms with Gasteiger partial charge >= 0.3 is 0 Å². The SMILES string of the molecule is Cc1cc(C(=O)N[C@@H](Cc2ccncc2)C2CC(O)C2)c(C)o1. The van der Waals surface area contributed by atoms with E-state index < -0.39 is 0 Å². The number of furan rings is 1. The maximum Gasteiger partial charge on any atom is 0.255 e. The average Bonchev–Trinajstić information content (AvgIpc) is 2.83. The second-order valence-corrected chi connectivity index (χ2v) is 6.35. The lowest BCUT2D eigenvalue weighted by molar-refractivity contribution is 0.0239. The van der Waals surface area contributed by atoms with E-state index in [0.717, 1.165) is 30.6 Å². The number of aliphatic hydroxyl groups is 1. The molecule has 1 fully saturated rings. The van der Waals surface area contributed by atoms with Crippen LogP contribution in [0.4, 0.5) is 0 Å². The van der Waals surface area contributed by atoms with Crippen LogP contribution in [-0.2, 0) is 6.42 Å². The summed E-state index contributed by atoms with van der Waals surface area (Å²) in [6.07, 6.45) is 5.48. The van der Waals surface area contributed by atoms with E-state index in [4.69, 9.17) is 4.42 Å². The Morgan fingerprint density at radius 3 is 2.65 bits per heavy atom. The molecule has 2 aromatic rings. The minimum absolute atomic E-state index is 0.00269. The van der Waals surface area contributed by atoms with Crippen molar-refractivity contribution in [2.45, 2.75) is 45.3 Å². The molecule has 1 aliphatic carbocycles. The van der Waals surface area contributed by atoms with Crippen molar-refractivity contribution >= 4 is 5.91 Å². The minimum atomic E-state index is -0.241. The second kappa shape index (κ2) is 6.54. The molecule has 0 aliphatic heterocycles. The zero-order valence-electron chi connectivity index (χ0n) is 13.5. The topological polar surface area (TPSA) is 75.4 Å². The highest BCUT2D eigenvalue weighted by Crippen LogP contribution is 2.32. The van der Waals surface area contributed by atoms with Crippen LogP contribution in [0.25, 0.3) is 0 Å². The number of rotatable bonds is 5. The van der Waals surface area contributed by atoms with Crippen LogP contribution < -0.4 is 5.32 Å². The summed E-state index contributed by atoms with van der Waals surface area (Å²) in [6.45, 7) is 3.63. The van der Waals surface area contributed by atoms with Crippen molar-refractivity contribution in [2.24, 2.45) is 5.92 Å². The Morgan fingerprint density at radius 1 is 1.39 bits per heavy atom. The number of amides is 1. The van der Waals surface area contributed by atoms with Gasteiger partial charge in [0.15, 0.2) is 0 Å². The molecule has 2 N–H and O–H groups in total. The number of hydrogen-bond donors (Lipinski definition) is 2. The Morgan fingerprint density at radius 2 is 2.09 bits per heavy atom. The molecule has 0 bridgehead atoms. The van der Waals surface area contributed by atoms with Gasteiger partial charge in [0, 0.05) is 18.4 Å². The van der Waals surface area contributed by atoms with Crippen LogP contribution in [0.1, 0.15) is 40.3 Å². The summed E-state index contributed by atoms with van der Waals surface area (Å²) >= 11 is 0. The monoisotopic (exact) mass is 314 g/mol. The lowest BCUT2D eigenvalue weighted by Crippen LogP contribution is -2.48. The van der Waals surface area contributed by atoms with Gasteiger partial charge in [-0.15, -0.1) is 0 Å². The molecule has 122 valence electrons. The molecule has 23 heavy (non-hydrogen) atoms. The zero-order valence-corrected chi connectivity index (χ0v) is 13.5. The summed E-state index contributed by atoms with van der Waals surface area (Å²) in [5, 5.41) is 12.7. The first kappa shape index (κ1) is 15.7. The molecular formula is C18H22N2O3. The Labute approximate surface area is 135 Å². The molecule has 1 atom stereocenters. The van der Waals surface area contributed by atoms with Crippen molar-refractivity contribution in [3.63, 3.8) is 0 Å². The van der Waals surface area contributed by atoms with Crippen LogP contribution in [0.2, 0.25) is 0 Å². The molecule has 1 saturated carbocycles. The van der Waals surface area contributed by atoms with Gasteiger partial charge in [0.1, 0.15) is 11.5 Å². The van der Waals surface area contributed by atoms with Crippen LogP contribution in [0.15, 0.2) is 35.0 Å². The van der Waals surface area contributed by atoms with E-state index in [0.29, 0.717) is 17.2 Å². The number of aryl methyl sites for hydroxylation is 2. The molecule has 0 spiro atoms. The fraction of sp³-hybridized carbons (Fsp3) is 0.444. The van der Waals surface area contributed by atoms with Crippen LogP contribution >= 0.6 is 0 Å². The summed E-state index contributed by atoms with van der Waals surface area (Å²) < 4.78 is 5.44. The normalized spacial score (nSPS) is 21.5. The number of aromatic nitrogens is 1. The van der Waals surface area contributed by atoms with E-state index in [9.17, 15) is 9.90 Å². The van der Waals surface area contributed by atoms with E-state index in [1.807, 2.05) is 19.1 Å². The highest BCUT2D eigenvalue weighted by atomic mass is 16.3. The first-order chi connectivity index (χ1) is 11.0. The van der Waals surface area contributed by atoms with Crippen molar-refractivity contribution in [1.29, 1.82) is 0 Å². The molecule has 0 saturated heterocycles. The van der Waals surface area contributed by atoms with Gasteiger partial charge in [-0.3, -0.25) is 9.78 Å². The number of nitrogens with zero attached hydrogens (tertiary/aromatic N) is 1. The van der Waals surface area contributed by atoms with Gasteiger partial charge in [-0.25, -0.2) is 0 Å². The Bertz CT molecular complexity index is 675. The molecule has 2 heterocycles. The number of pyridine rings is 1. The first-order valence-corrected chi connectivity index (χ1v) is 7.98. The number of nitrogens with one attached hydrogen (secondary N) is 1. The standard InChI is InChI=1S/C18H22N2O3/c1-11-7-16(12(2)23-11)18(22)20-17(14-9-15(21)10-14)8-13-3-5-19-6-4-13/h3-7,14-15,17,21H,8-10H2,1-2H3,(H,20,22)/t14?,15?,17-/m0/s1. The summed E-state index contributed by atoms with van der Waals surface area (Å²) in [5.74, 6) is 1.56. The maximum atomic E-state index is 12.6. The third kappa shape index (κ3) is 3.62. The third-order valence-corrected chi connectivity index (χ3v) is 4.53. The van der Waals surface area contributed by atoms with Crippen LogP contribution in [0, 0.1) is 19.8 Å². The Balaban J connectivity index is 1.73. The molecule has 0 unspecified atom stereocenters. The number of hydrogen-bond acceptors (Lipinski definition) is 4. The van der Waals surface area contributed by atoms with E-state index in [1.54, 1.807) is 25.4 Å². The molecule has 1 amide bonds. The van der Waals surface area contributed by atoms with E-state index in [-0.39, 0.29) is 18.1 Å². The average molecular weight is 314 g/mol. The number of carbonyl (C=O) groups excluding carboxylic acids is 1. The summed E-state index contributed by atoms with van der Waals surface area (Å²) in [5.41, 5.74) is 1.72. The summed E-state index contributed by atoms with van der Waals surface area (Å²) in [7, 11) is 0. The van der Waals surface area contributed by atoms with Crippen molar-refractivity contribution in [3.05, 3.63) is 53.2 Å². The van der Waals surface area contributed by atoms with Gasteiger partial charge in [0.2, 0.25) is 0 Å². The quantitative estimate of drug-likeness (QED) is 0.888. The van der Waals surface area contributed by atoms with Crippen molar-refractivity contribution < 1.29 is 14.3 Å². The highest BCUT2D eigenvalue weighted by Gasteiger charge is 2.35. The predicted molar refractivity (Wildman–Crippen MR) is 86.1 cm³/mol. The van der Waals surface area contributed by atoms with Crippen molar-refractivity contribution in [3.8, 4) is 0 Å². The highest BCUT2D eigenvalue weighted by molar-refractivity contribution is 5.95. The van der Waals surface area contributed by atoms with E-state index in [1.165, 1.54) is 0 Å². The third-order valence-electron chi connectivity index (χ3n) is 4.53. The van der Waals surface area contributed by atoms with Crippen LogP contribution in [-0.4, -0.2) is 28.1 Å². The molecule has 0 aromatic carbocycles. The lowest BCUT2D eigenvalue weighted by Gasteiger charge is -2.38. The molecule has 5 nitrogen and oxygen atoms in total. The van der Waals surface area contributed by atoms with E-state index in [2.05, 4.69) is 10.3 Å².